The number of halogens is 2. The Balaban J connectivity index is 1.83. The summed E-state index contributed by atoms with van der Waals surface area (Å²) in [4.78, 5) is 20.4. The Hall–Kier alpha value is -3.09. The first-order valence-corrected chi connectivity index (χ1v) is 6.79. The van der Waals surface area contributed by atoms with E-state index >= 15 is 0 Å². The molecule has 3 rings (SSSR count). The third-order valence-electron chi connectivity index (χ3n) is 3.28. The zero-order chi connectivity index (χ0) is 16.4. The van der Waals surface area contributed by atoms with E-state index in [2.05, 4.69) is 15.3 Å². The Bertz CT molecular complexity index is 898. The van der Waals surface area contributed by atoms with Crippen LogP contribution < -0.4 is 11.1 Å². The maximum atomic E-state index is 13.6. The van der Waals surface area contributed by atoms with Crippen LogP contribution in [-0.4, -0.2) is 15.9 Å². The molecule has 0 spiro atoms. The fraction of sp³-hybridized carbons (Fsp3) is 0.0625. The predicted molar refractivity (Wildman–Crippen MR) is 81.5 cm³/mol. The van der Waals surface area contributed by atoms with Crippen molar-refractivity contribution in [2.75, 3.05) is 5.73 Å². The highest BCUT2D eigenvalue weighted by molar-refractivity contribution is 5.98. The fourth-order valence-electron chi connectivity index (χ4n) is 2.12. The first-order chi connectivity index (χ1) is 11.1. The van der Waals surface area contributed by atoms with Crippen molar-refractivity contribution in [3.63, 3.8) is 0 Å². The molecular formula is C16H12F2N4O. The molecule has 0 aliphatic rings. The third kappa shape index (κ3) is 2.94. The van der Waals surface area contributed by atoms with E-state index in [0.29, 0.717) is 11.0 Å². The zero-order valence-corrected chi connectivity index (χ0v) is 11.9. The van der Waals surface area contributed by atoms with Crippen molar-refractivity contribution < 1.29 is 13.6 Å². The molecule has 1 heterocycles. The number of benzene rings is 2. The Labute approximate surface area is 130 Å². The van der Waals surface area contributed by atoms with E-state index in [1.54, 1.807) is 24.3 Å². The lowest BCUT2D eigenvalue weighted by molar-refractivity contribution is 0.0946. The maximum absolute atomic E-state index is 13.6. The average Bonchev–Trinajstić information content (AvgIpc) is 2.55. The van der Waals surface area contributed by atoms with Gasteiger partial charge in [-0.05, 0) is 18.2 Å². The van der Waals surface area contributed by atoms with Crippen LogP contribution in [0.4, 0.5) is 14.6 Å². The van der Waals surface area contributed by atoms with E-state index in [9.17, 15) is 13.6 Å². The Morgan fingerprint density at radius 1 is 1.04 bits per heavy atom. The highest BCUT2D eigenvalue weighted by Gasteiger charge is 2.15. The largest absolute Gasteiger partial charge is 0.382 e. The predicted octanol–water partition coefficient (Wildman–Crippen LogP) is 2.42. The molecule has 0 bridgehead atoms. The number of amides is 1. The number of para-hydroxylation sites is 2. The summed E-state index contributed by atoms with van der Waals surface area (Å²) in [6, 6.07) is 10.7. The molecule has 3 aromatic rings. The van der Waals surface area contributed by atoms with Crippen LogP contribution in [0.3, 0.4) is 0 Å². The number of rotatable bonds is 3. The SMILES string of the molecule is Nc1nc2ccccc2nc1C(=O)NCc1cccc(F)c1F. The quantitative estimate of drug-likeness (QED) is 0.778. The van der Waals surface area contributed by atoms with Crippen molar-refractivity contribution in [2.45, 2.75) is 6.54 Å². The summed E-state index contributed by atoms with van der Waals surface area (Å²) in [5, 5.41) is 2.46. The molecule has 0 aliphatic carbocycles. The molecule has 1 aromatic heterocycles. The normalized spacial score (nSPS) is 10.7. The van der Waals surface area contributed by atoms with Crippen LogP contribution in [0, 0.1) is 11.6 Å². The summed E-state index contributed by atoms with van der Waals surface area (Å²) in [5.74, 6) is -2.60. The number of carbonyl (C=O) groups excluding carboxylic acids is 1. The molecule has 5 nitrogen and oxygen atoms in total. The molecular weight excluding hydrogens is 302 g/mol. The summed E-state index contributed by atoms with van der Waals surface area (Å²) < 4.78 is 26.7. The molecule has 1 amide bonds. The first-order valence-electron chi connectivity index (χ1n) is 6.79. The van der Waals surface area contributed by atoms with Crippen molar-refractivity contribution in [3.8, 4) is 0 Å². The van der Waals surface area contributed by atoms with Crippen LogP contribution >= 0.6 is 0 Å². The van der Waals surface area contributed by atoms with Gasteiger partial charge in [0, 0.05) is 12.1 Å². The van der Waals surface area contributed by atoms with Gasteiger partial charge < -0.3 is 11.1 Å². The van der Waals surface area contributed by atoms with Gasteiger partial charge in [-0.1, -0.05) is 24.3 Å². The van der Waals surface area contributed by atoms with Gasteiger partial charge >= 0.3 is 0 Å². The summed E-state index contributed by atoms with van der Waals surface area (Å²) >= 11 is 0. The number of nitrogens with one attached hydrogen (secondary N) is 1. The van der Waals surface area contributed by atoms with Gasteiger partial charge in [-0.2, -0.15) is 0 Å². The molecule has 0 saturated carbocycles. The number of nitrogens with zero attached hydrogens (tertiary/aromatic N) is 2. The number of hydrogen-bond donors (Lipinski definition) is 2. The highest BCUT2D eigenvalue weighted by Crippen LogP contribution is 2.15. The standard InChI is InChI=1S/C16H12F2N4O/c17-10-5-3-4-9(13(10)18)8-20-16(23)14-15(19)22-12-7-2-1-6-11(12)21-14/h1-7H,8H2,(H2,19,22)(H,20,23). The number of nitrogen functional groups attached to an aromatic ring is 1. The summed E-state index contributed by atoms with van der Waals surface area (Å²) in [6.45, 7) is -0.184. The summed E-state index contributed by atoms with van der Waals surface area (Å²) in [5.41, 5.74) is 6.80. The molecule has 116 valence electrons. The van der Waals surface area contributed by atoms with Crippen LogP contribution in [0.5, 0.6) is 0 Å². The van der Waals surface area contributed by atoms with Crippen molar-refractivity contribution in [1.29, 1.82) is 0 Å². The minimum atomic E-state index is -0.995. The van der Waals surface area contributed by atoms with Gasteiger partial charge in [-0.15, -0.1) is 0 Å². The van der Waals surface area contributed by atoms with Gasteiger partial charge in [0.05, 0.1) is 11.0 Å². The monoisotopic (exact) mass is 314 g/mol. The molecule has 0 fully saturated rings. The van der Waals surface area contributed by atoms with E-state index in [-0.39, 0.29) is 23.6 Å². The minimum Gasteiger partial charge on any atom is -0.382 e. The number of anilines is 1. The molecule has 0 unspecified atom stereocenters. The van der Waals surface area contributed by atoms with E-state index in [0.717, 1.165) is 6.07 Å². The second-order valence-corrected chi connectivity index (χ2v) is 4.84. The minimum absolute atomic E-state index is 0.0269. The molecule has 3 N–H and O–H groups in total. The highest BCUT2D eigenvalue weighted by atomic mass is 19.2. The average molecular weight is 314 g/mol. The third-order valence-corrected chi connectivity index (χ3v) is 3.28. The van der Waals surface area contributed by atoms with Crippen molar-refractivity contribution in [2.24, 2.45) is 0 Å². The Morgan fingerprint density at radius 3 is 2.48 bits per heavy atom. The van der Waals surface area contributed by atoms with Gasteiger partial charge in [0.15, 0.2) is 23.1 Å². The van der Waals surface area contributed by atoms with Crippen molar-refractivity contribution in [3.05, 3.63) is 65.4 Å². The van der Waals surface area contributed by atoms with Crippen LogP contribution in [0.15, 0.2) is 42.5 Å². The number of aromatic nitrogens is 2. The zero-order valence-electron chi connectivity index (χ0n) is 11.9. The van der Waals surface area contributed by atoms with Gasteiger partial charge in [0.25, 0.3) is 5.91 Å². The number of fused-ring (bicyclic) bond motifs is 1. The molecule has 0 aliphatic heterocycles. The fourth-order valence-corrected chi connectivity index (χ4v) is 2.12. The molecule has 23 heavy (non-hydrogen) atoms. The van der Waals surface area contributed by atoms with Crippen molar-refractivity contribution in [1.82, 2.24) is 15.3 Å². The summed E-state index contributed by atoms with van der Waals surface area (Å²) in [7, 11) is 0. The Kier molecular flexibility index (Phi) is 3.84. The Morgan fingerprint density at radius 2 is 1.74 bits per heavy atom. The van der Waals surface area contributed by atoms with Gasteiger partial charge in [-0.25, -0.2) is 18.7 Å². The van der Waals surface area contributed by atoms with Crippen LogP contribution in [-0.2, 0) is 6.54 Å². The second kappa shape index (κ2) is 5.96. The molecule has 7 heteroatoms. The van der Waals surface area contributed by atoms with Gasteiger partial charge in [0.2, 0.25) is 0 Å². The molecule has 0 saturated heterocycles. The van der Waals surface area contributed by atoms with Crippen LogP contribution in [0.25, 0.3) is 11.0 Å². The lowest BCUT2D eigenvalue weighted by atomic mass is 10.2. The van der Waals surface area contributed by atoms with Crippen LogP contribution in [0.1, 0.15) is 16.1 Å². The smallest absolute Gasteiger partial charge is 0.274 e. The maximum Gasteiger partial charge on any atom is 0.274 e. The molecule has 0 radical (unpaired) electrons. The van der Waals surface area contributed by atoms with Crippen molar-refractivity contribution >= 4 is 22.8 Å². The lowest BCUT2D eigenvalue weighted by Gasteiger charge is -2.08. The van der Waals surface area contributed by atoms with E-state index in [4.69, 9.17) is 5.73 Å². The van der Waals surface area contributed by atoms with E-state index in [1.807, 2.05) is 0 Å². The topological polar surface area (TPSA) is 80.9 Å². The molecule has 2 aromatic carbocycles. The number of nitrogens with two attached hydrogens (primary N) is 1. The first kappa shape index (κ1) is 14.8. The number of carbonyl (C=O) groups is 1. The lowest BCUT2D eigenvalue weighted by Crippen LogP contribution is -2.26. The van der Waals surface area contributed by atoms with Gasteiger partial charge in [-0.3, -0.25) is 4.79 Å². The number of hydrogen-bond acceptors (Lipinski definition) is 4. The summed E-state index contributed by atoms with van der Waals surface area (Å²) in [6.07, 6.45) is 0. The van der Waals surface area contributed by atoms with E-state index < -0.39 is 17.5 Å². The van der Waals surface area contributed by atoms with E-state index in [1.165, 1.54) is 12.1 Å². The van der Waals surface area contributed by atoms with Gasteiger partial charge in [0.1, 0.15) is 0 Å². The molecule has 0 atom stereocenters. The second-order valence-electron chi connectivity index (χ2n) is 4.84. The van der Waals surface area contributed by atoms with Crippen LogP contribution in [0.2, 0.25) is 0 Å².